The van der Waals surface area contributed by atoms with E-state index in [1.807, 2.05) is 6.07 Å². The smallest absolute Gasteiger partial charge is 0.269 e. The molecule has 3 amide bonds. The van der Waals surface area contributed by atoms with Crippen molar-refractivity contribution in [1.82, 2.24) is 10.9 Å². The number of benzene rings is 2. The summed E-state index contributed by atoms with van der Waals surface area (Å²) < 4.78 is 6.28. The molecule has 0 aliphatic heterocycles. The van der Waals surface area contributed by atoms with Gasteiger partial charge in [-0.15, -0.1) is 0 Å². The SMILES string of the molecule is CCCCOc1ccc(C(=O)NNC(=O)CCC(=O)Nc2ccccc2)cc1Br. The summed E-state index contributed by atoms with van der Waals surface area (Å²) in [5, 5.41) is 2.69. The Kier molecular flexibility index (Phi) is 9.17. The second-order valence-electron chi connectivity index (χ2n) is 6.26. The first-order valence-corrected chi connectivity index (χ1v) is 10.2. The lowest BCUT2D eigenvalue weighted by Gasteiger charge is -2.10. The van der Waals surface area contributed by atoms with Crippen molar-refractivity contribution in [2.45, 2.75) is 32.6 Å². The van der Waals surface area contributed by atoms with Crippen LogP contribution in [0.3, 0.4) is 0 Å². The van der Waals surface area contributed by atoms with E-state index in [2.05, 4.69) is 39.0 Å². The lowest BCUT2D eigenvalue weighted by molar-refractivity contribution is -0.124. The molecule has 8 heteroatoms. The summed E-state index contributed by atoms with van der Waals surface area (Å²) in [4.78, 5) is 35.9. The van der Waals surface area contributed by atoms with Crippen LogP contribution in [-0.2, 0) is 9.59 Å². The summed E-state index contributed by atoms with van der Waals surface area (Å²) >= 11 is 3.38. The topological polar surface area (TPSA) is 96.5 Å². The van der Waals surface area contributed by atoms with E-state index in [9.17, 15) is 14.4 Å². The molecule has 0 radical (unpaired) electrons. The van der Waals surface area contributed by atoms with Crippen LogP contribution in [-0.4, -0.2) is 24.3 Å². The number of halogens is 1. The maximum Gasteiger partial charge on any atom is 0.269 e. The van der Waals surface area contributed by atoms with Gasteiger partial charge in [0, 0.05) is 24.1 Å². The third-order valence-corrected chi connectivity index (χ3v) is 4.52. The highest BCUT2D eigenvalue weighted by molar-refractivity contribution is 9.10. The summed E-state index contributed by atoms with van der Waals surface area (Å²) in [6, 6.07) is 13.9. The minimum absolute atomic E-state index is 0.00589. The van der Waals surface area contributed by atoms with Gasteiger partial charge < -0.3 is 10.1 Å². The van der Waals surface area contributed by atoms with Crippen LogP contribution in [0.5, 0.6) is 5.75 Å². The zero-order valence-corrected chi connectivity index (χ0v) is 17.8. The first-order valence-electron chi connectivity index (χ1n) is 9.36. The molecule has 0 saturated heterocycles. The largest absolute Gasteiger partial charge is 0.492 e. The molecular formula is C21H24BrN3O4. The molecule has 0 bridgehead atoms. The molecule has 7 nitrogen and oxygen atoms in total. The summed E-state index contributed by atoms with van der Waals surface area (Å²) in [5.74, 6) is -0.545. The molecule has 0 heterocycles. The first kappa shape index (κ1) is 22.4. The third kappa shape index (κ3) is 7.95. The van der Waals surface area contributed by atoms with Gasteiger partial charge in [0.1, 0.15) is 5.75 Å². The Hall–Kier alpha value is -2.87. The van der Waals surface area contributed by atoms with Crippen LogP contribution in [0.15, 0.2) is 53.0 Å². The van der Waals surface area contributed by atoms with Crippen molar-refractivity contribution in [2.75, 3.05) is 11.9 Å². The molecule has 0 aromatic heterocycles. The Balaban J connectivity index is 1.74. The number of amides is 3. The Morgan fingerprint density at radius 3 is 2.38 bits per heavy atom. The van der Waals surface area contributed by atoms with Crippen LogP contribution in [0.1, 0.15) is 43.0 Å². The standard InChI is InChI=1S/C21H24BrN3O4/c1-2-3-13-29-18-10-9-15(14-17(18)22)21(28)25-24-20(27)12-11-19(26)23-16-7-5-4-6-8-16/h4-10,14H,2-3,11-13H2,1H3,(H,23,26)(H,24,27)(H,25,28). The monoisotopic (exact) mass is 461 g/mol. The number of hydrazine groups is 1. The van der Waals surface area contributed by atoms with Crippen molar-refractivity contribution >= 4 is 39.3 Å². The van der Waals surface area contributed by atoms with E-state index in [0.29, 0.717) is 28.1 Å². The van der Waals surface area contributed by atoms with E-state index < -0.39 is 11.8 Å². The fourth-order valence-corrected chi connectivity index (χ4v) is 2.81. The number of rotatable bonds is 9. The van der Waals surface area contributed by atoms with E-state index in [1.165, 1.54) is 0 Å². The Bertz CT molecular complexity index is 843. The van der Waals surface area contributed by atoms with Gasteiger partial charge in [0.15, 0.2) is 0 Å². The normalized spacial score (nSPS) is 10.1. The van der Waals surface area contributed by atoms with Crippen LogP contribution >= 0.6 is 15.9 Å². The fourth-order valence-electron chi connectivity index (χ4n) is 2.32. The number of ether oxygens (including phenoxy) is 1. The third-order valence-electron chi connectivity index (χ3n) is 3.90. The Morgan fingerprint density at radius 2 is 1.69 bits per heavy atom. The number of hydrogen-bond donors (Lipinski definition) is 3. The summed E-state index contributed by atoms with van der Waals surface area (Å²) in [5.41, 5.74) is 5.68. The number of carbonyl (C=O) groups excluding carboxylic acids is 3. The van der Waals surface area contributed by atoms with Crippen LogP contribution in [0.4, 0.5) is 5.69 Å². The van der Waals surface area contributed by atoms with E-state index in [4.69, 9.17) is 4.74 Å². The van der Waals surface area contributed by atoms with Crippen molar-refractivity contribution in [3.05, 3.63) is 58.6 Å². The average molecular weight is 462 g/mol. The molecule has 0 aliphatic rings. The molecular weight excluding hydrogens is 438 g/mol. The Morgan fingerprint density at radius 1 is 0.966 bits per heavy atom. The van der Waals surface area contributed by atoms with Gasteiger partial charge in [-0.05, 0) is 52.7 Å². The van der Waals surface area contributed by atoms with Crippen molar-refractivity contribution in [3.63, 3.8) is 0 Å². The van der Waals surface area contributed by atoms with Gasteiger partial charge in [0.05, 0.1) is 11.1 Å². The van der Waals surface area contributed by atoms with Gasteiger partial charge in [-0.25, -0.2) is 0 Å². The predicted molar refractivity (Wildman–Crippen MR) is 114 cm³/mol. The van der Waals surface area contributed by atoms with Crippen molar-refractivity contribution in [1.29, 1.82) is 0 Å². The number of carbonyl (C=O) groups is 3. The van der Waals surface area contributed by atoms with Crippen LogP contribution in [0, 0.1) is 0 Å². The highest BCUT2D eigenvalue weighted by Gasteiger charge is 2.12. The van der Waals surface area contributed by atoms with Crippen LogP contribution in [0.2, 0.25) is 0 Å². The first-order chi connectivity index (χ1) is 14.0. The lowest BCUT2D eigenvalue weighted by atomic mass is 10.2. The molecule has 0 atom stereocenters. The molecule has 154 valence electrons. The van der Waals surface area contributed by atoms with Gasteiger partial charge in [-0.2, -0.15) is 0 Å². The number of nitrogens with one attached hydrogen (secondary N) is 3. The van der Waals surface area contributed by atoms with Gasteiger partial charge in [0.2, 0.25) is 11.8 Å². The Labute approximate surface area is 178 Å². The van der Waals surface area contributed by atoms with Crippen molar-refractivity contribution < 1.29 is 19.1 Å². The second kappa shape index (κ2) is 11.9. The molecule has 29 heavy (non-hydrogen) atoms. The van der Waals surface area contributed by atoms with Crippen LogP contribution < -0.4 is 20.9 Å². The van der Waals surface area contributed by atoms with Gasteiger partial charge >= 0.3 is 0 Å². The van der Waals surface area contributed by atoms with Crippen LogP contribution in [0.25, 0.3) is 0 Å². The van der Waals surface area contributed by atoms with E-state index >= 15 is 0 Å². The number of para-hydroxylation sites is 1. The van der Waals surface area contributed by atoms with E-state index in [0.717, 1.165) is 12.8 Å². The summed E-state index contributed by atoms with van der Waals surface area (Å²) in [7, 11) is 0. The lowest BCUT2D eigenvalue weighted by Crippen LogP contribution is -2.41. The molecule has 3 N–H and O–H groups in total. The zero-order valence-electron chi connectivity index (χ0n) is 16.2. The minimum Gasteiger partial charge on any atom is -0.492 e. The van der Waals surface area contributed by atoms with E-state index in [-0.39, 0.29) is 18.7 Å². The maximum absolute atomic E-state index is 12.2. The van der Waals surface area contributed by atoms with Crippen molar-refractivity contribution in [3.8, 4) is 5.75 Å². The highest BCUT2D eigenvalue weighted by atomic mass is 79.9. The molecule has 0 aliphatic carbocycles. The fraction of sp³-hybridized carbons (Fsp3) is 0.286. The van der Waals surface area contributed by atoms with Gasteiger partial charge in [-0.1, -0.05) is 31.5 Å². The molecule has 2 aromatic rings. The molecule has 0 fully saturated rings. The number of hydrogen-bond acceptors (Lipinski definition) is 4. The predicted octanol–water partition coefficient (Wildman–Crippen LogP) is 3.81. The maximum atomic E-state index is 12.2. The quantitative estimate of drug-likeness (QED) is 0.390. The molecule has 0 saturated carbocycles. The highest BCUT2D eigenvalue weighted by Crippen LogP contribution is 2.26. The molecule has 0 spiro atoms. The minimum atomic E-state index is -0.465. The van der Waals surface area contributed by atoms with Gasteiger partial charge in [0.25, 0.3) is 5.91 Å². The number of unbranched alkanes of at least 4 members (excludes halogenated alkanes) is 1. The molecule has 2 rings (SSSR count). The molecule has 0 unspecified atom stereocenters. The van der Waals surface area contributed by atoms with Crippen molar-refractivity contribution in [2.24, 2.45) is 0 Å². The summed E-state index contributed by atoms with van der Waals surface area (Å²) in [6.07, 6.45) is 1.94. The number of anilines is 1. The zero-order chi connectivity index (χ0) is 21.1. The van der Waals surface area contributed by atoms with Gasteiger partial charge in [-0.3, -0.25) is 25.2 Å². The second-order valence-corrected chi connectivity index (χ2v) is 7.12. The molecule has 2 aromatic carbocycles. The van der Waals surface area contributed by atoms with E-state index in [1.54, 1.807) is 42.5 Å². The average Bonchev–Trinajstić information content (AvgIpc) is 2.72. The summed E-state index contributed by atoms with van der Waals surface area (Å²) in [6.45, 7) is 2.68.